The first-order valence-electron chi connectivity index (χ1n) is 5.02. The van der Waals surface area contributed by atoms with Crippen LogP contribution in [0.2, 0.25) is 0 Å². The van der Waals surface area contributed by atoms with E-state index in [1.165, 1.54) is 30.5 Å². The van der Waals surface area contributed by atoms with Crippen molar-refractivity contribution in [3.05, 3.63) is 29.8 Å². The summed E-state index contributed by atoms with van der Waals surface area (Å²) >= 11 is 0. The lowest BCUT2D eigenvalue weighted by Crippen LogP contribution is -2.08. The smallest absolute Gasteiger partial charge is 0.0361 e. The molecule has 0 amide bonds. The molecule has 0 spiro atoms. The van der Waals surface area contributed by atoms with E-state index in [1.807, 2.05) is 0 Å². The van der Waals surface area contributed by atoms with Gasteiger partial charge in [0.05, 0.1) is 0 Å². The average Bonchev–Trinajstić information content (AvgIpc) is 2.89. The third kappa shape index (κ3) is 2.24. The third-order valence-electron chi connectivity index (χ3n) is 2.67. The van der Waals surface area contributed by atoms with Gasteiger partial charge in [-0.1, -0.05) is 12.1 Å². The minimum atomic E-state index is 0.991. The van der Waals surface area contributed by atoms with E-state index >= 15 is 0 Å². The van der Waals surface area contributed by atoms with Gasteiger partial charge < -0.3 is 4.90 Å². The topological polar surface area (TPSA) is 3.24 Å². The highest BCUT2D eigenvalue weighted by Crippen LogP contribution is 2.32. The molecule has 0 saturated heterocycles. The first-order chi connectivity index (χ1) is 6.25. The summed E-state index contributed by atoms with van der Waals surface area (Å²) in [6.45, 7) is 0. The van der Waals surface area contributed by atoms with Gasteiger partial charge in [0.1, 0.15) is 0 Å². The van der Waals surface area contributed by atoms with Crippen LogP contribution in [0.4, 0.5) is 5.69 Å². The average molecular weight is 175 g/mol. The fraction of sp³-hybridized carbons (Fsp3) is 0.500. The zero-order valence-corrected chi connectivity index (χ0v) is 8.46. The minimum absolute atomic E-state index is 0.991. The van der Waals surface area contributed by atoms with Crippen LogP contribution in [0.5, 0.6) is 0 Å². The van der Waals surface area contributed by atoms with Crippen molar-refractivity contribution in [3.63, 3.8) is 0 Å². The molecule has 70 valence electrons. The van der Waals surface area contributed by atoms with Crippen LogP contribution in [0.1, 0.15) is 18.4 Å². The second-order valence-electron chi connectivity index (χ2n) is 4.21. The molecule has 0 N–H and O–H groups in total. The third-order valence-corrected chi connectivity index (χ3v) is 2.67. The number of rotatable bonds is 3. The lowest BCUT2D eigenvalue weighted by Gasteiger charge is -2.12. The molecular formula is C12H17N. The Balaban J connectivity index is 2.04. The Hall–Kier alpha value is -0.980. The van der Waals surface area contributed by atoms with Gasteiger partial charge in [-0.3, -0.25) is 0 Å². The van der Waals surface area contributed by atoms with Gasteiger partial charge in [-0.25, -0.2) is 0 Å². The SMILES string of the molecule is CN(C)c1ccc(CC2CC2)cc1. The van der Waals surface area contributed by atoms with E-state index in [-0.39, 0.29) is 0 Å². The van der Waals surface area contributed by atoms with Gasteiger partial charge in [0, 0.05) is 19.8 Å². The molecule has 1 nitrogen and oxygen atoms in total. The lowest BCUT2D eigenvalue weighted by molar-refractivity contribution is 0.832. The predicted molar refractivity (Wildman–Crippen MR) is 57.2 cm³/mol. The van der Waals surface area contributed by atoms with Crippen LogP contribution >= 0.6 is 0 Å². The summed E-state index contributed by atoms with van der Waals surface area (Å²) in [5, 5.41) is 0. The molecule has 0 radical (unpaired) electrons. The summed E-state index contributed by atoms with van der Waals surface area (Å²) in [4.78, 5) is 2.14. The van der Waals surface area contributed by atoms with Crippen LogP contribution in [0.25, 0.3) is 0 Å². The largest absolute Gasteiger partial charge is 0.378 e. The molecule has 0 atom stereocenters. The van der Waals surface area contributed by atoms with Gasteiger partial charge >= 0.3 is 0 Å². The first-order valence-corrected chi connectivity index (χ1v) is 5.02. The Morgan fingerprint density at radius 1 is 1.15 bits per heavy atom. The first kappa shape index (κ1) is 8.61. The summed E-state index contributed by atoms with van der Waals surface area (Å²) in [6.07, 6.45) is 4.17. The molecule has 0 heterocycles. The highest BCUT2D eigenvalue weighted by Gasteiger charge is 2.21. The van der Waals surface area contributed by atoms with Crippen LogP contribution in [0.3, 0.4) is 0 Å². The highest BCUT2D eigenvalue weighted by atomic mass is 15.1. The normalized spacial score (nSPS) is 15.8. The van der Waals surface area contributed by atoms with Crippen LogP contribution in [0.15, 0.2) is 24.3 Å². The van der Waals surface area contributed by atoms with Crippen molar-refractivity contribution in [1.82, 2.24) is 0 Å². The monoisotopic (exact) mass is 175 g/mol. The molecule has 0 unspecified atom stereocenters. The quantitative estimate of drug-likeness (QED) is 0.682. The number of benzene rings is 1. The van der Waals surface area contributed by atoms with E-state index in [9.17, 15) is 0 Å². The van der Waals surface area contributed by atoms with Gasteiger partial charge in [0.25, 0.3) is 0 Å². The summed E-state index contributed by atoms with van der Waals surface area (Å²) in [5.74, 6) is 0.991. The van der Waals surface area contributed by atoms with Crippen molar-refractivity contribution in [2.45, 2.75) is 19.3 Å². The maximum Gasteiger partial charge on any atom is 0.0361 e. The Morgan fingerprint density at radius 2 is 1.77 bits per heavy atom. The molecule has 1 aliphatic carbocycles. The second-order valence-corrected chi connectivity index (χ2v) is 4.21. The van der Waals surface area contributed by atoms with Crippen LogP contribution < -0.4 is 4.90 Å². The Kier molecular flexibility index (Phi) is 2.26. The van der Waals surface area contributed by atoms with Crippen molar-refractivity contribution < 1.29 is 0 Å². The van der Waals surface area contributed by atoms with Gasteiger partial charge in [0.15, 0.2) is 0 Å². The van der Waals surface area contributed by atoms with Crippen LogP contribution in [0, 0.1) is 5.92 Å². The molecule has 1 heteroatoms. The fourth-order valence-electron chi connectivity index (χ4n) is 1.59. The van der Waals surface area contributed by atoms with Crippen molar-refractivity contribution in [2.24, 2.45) is 5.92 Å². The minimum Gasteiger partial charge on any atom is -0.378 e. The molecule has 13 heavy (non-hydrogen) atoms. The molecular weight excluding hydrogens is 158 g/mol. The van der Waals surface area contributed by atoms with Crippen LogP contribution in [-0.2, 0) is 6.42 Å². The Labute approximate surface area is 80.4 Å². The van der Waals surface area contributed by atoms with Crippen molar-refractivity contribution in [1.29, 1.82) is 0 Å². The van der Waals surface area contributed by atoms with Crippen molar-refractivity contribution in [2.75, 3.05) is 19.0 Å². The molecule has 1 fully saturated rings. The molecule has 1 aliphatic rings. The summed E-state index contributed by atoms with van der Waals surface area (Å²) in [7, 11) is 4.16. The second kappa shape index (κ2) is 3.41. The lowest BCUT2D eigenvalue weighted by atomic mass is 10.1. The van der Waals surface area contributed by atoms with E-state index in [0.29, 0.717) is 0 Å². The van der Waals surface area contributed by atoms with E-state index < -0.39 is 0 Å². The van der Waals surface area contributed by atoms with Crippen LogP contribution in [-0.4, -0.2) is 14.1 Å². The number of nitrogens with zero attached hydrogens (tertiary/aromatic N) is 1. The predicted octanol–water partition coefficient (Wildman–Crippen LogP) is 2.71. The molecule has 1 aromatic carbocycles. The van der Waals surface area contributed by atoms with E-state index in [0.717, 1.165) is 5.92 Å². The fourth-order valence-corrected chi connectivity index (χ4v) is 1.59. The maximum atomic E-state index is 2.26. The Bertz CT molecular complexity index is 270. The molecule has 0 aliphatic heterocycles. The zero-order chi connectivity index (χ0) is 9.26. The molecule has 1 aromatic rings. The van der Waals surface area contributed by atoms with Crippen molar-refractivity contribution >= 4 is 5.69 Å². The summed E-state index contributed by atoms with van der Waals surface area (Å²) < 4.78 is 0. The van der Waals surface area contributed by atoms with Gasteiger partial charge in [0.2, 0.25) is 0 Å². The number of hydrogen-bond acceptors (Lipinski definition) is 1. The standard InChI is InChI=1S/C12H17N/c1-13(2)12-7-5-11(6-8-12)9-10-3-4-10/h5-8,10H,3-4,9H2,1-2H3. The molecule has 0 aromatic heterocycles. The van der Waals surface area contributed by atoms with E-state index in [1.54, 1.807) is 0 Å². The van der Waals surface area contributed by atoms with E-state index in [4.69, 9.17) is 0 Å². The number of hydrogen-bond donors (Lipinski definition) is 0. The maximum absolute atomic E-state index is 2.26. The molecule has 2 rings (SSSR count). The molecule has 0 bridgehead atoms. The van der Waals surface area contributed by atoms with Gasteiger partial charge in [-0.05, 0) is 42.9 Å². The zero-order valence-electron chi connectivity index (χ0n) is 8.46. The van der Waals surface area contributed by atoms with Gasteiger partial charge in [-0.2, -0.15) is 0 Å². The van der Waals surface area contributed by atoms with Gasteiger partial charge in [-0.15, -0.1) is 0 Å². The summed E-state index contributed by atoms with van der Waals surface area (Å²) in [5.41, 5.74) is 2.78. The molecule has 1 saturated carbocycles. The Morgan fingerprint density at radius 3 is 2.23 bits per heavy atom. The van der Waals surface area contributed by atoms with Crippen molar-refractivity contribution in [3.8, 4) is 0 Å². The summed E-state index contributed by atoms with van der Waals surface area (Å²) in [6, 6.07) is 8.93. The van der Waals surface area contributed by atoms with E-state index in [2.05, 4.69) is 43.3 Å². The highest BCUT2D eigenvalue weighted by molar-refractivity contribution is 5.46. The number of anilines is 1.